The molecule has 3 fully saturated rings. The average molecular weight is 558 g/mol. The number of anilines is 1. The number of unbranched alkanes of at least 4 members (excludes halogenated alkanes) is 2. The maximum absolute atomic E-state index is 14.4. The molecule has 3 saturated heterocycles. The van der Waals surface area contributed by atoms with Gasteiger partial charge < -0.3 is 30.1 Å². The summed E-state index contributed by atoms with van der Waals surface area (Å²) in [6.07, 6.45) is 4.09. The fraction of sp³-hybridized carbons (Fsp3) is 0.710. The lowest BCUT2D eigenvalue weighted by molar-refractivity contribution is -0.151. The van der Waals surface area contributed by atoms with Crippen LogP contribution in [0.5, 0.6) is 5.75 Å². The lowest BCUT2D eigenvalue weighted by atomic mass is 9.62. The molecule has 3 aliphatic rings. The Kier molecular flexibility index (Phi) is 9.15. The van der Waals surface area contributed by atoms with Crippen LogP contribution in [-0.4, -0.2) is 70.8 Å². The summed E-state index contributed by atoms with van der Waals surface area (Å²) < 4.78 is 12.3. The molecule has 222 valence electrons. The number of amides is 3. The summed E-state index contributed by atoms with van der Waals surface area (Å²) in [4.78, 5) is 43.8. The van der Waals surface area contributed by atoms with Crippen molar-refractivity contribution >= 4 is 23.4 Å². The number of benzene rings is 1. The predicted molar refractivity (Wildman–Crippen MR) is 153 cm³/mol. The first-order valence-corrected chi connectivity index (χ1v) is 15.0. The quantitative estimate of drug-likeness (QED) is 0.318. The molecular formula is C31H47N3O6. The van der Waals surface area contributed by atoms with Gasteiger partial charge in [0.15, 0.2) is 0 Å². The zero-order chi connectivity index (χ0) is 29.2. The number of nitrogens with one attached hydrogen (secondary N) is 2. The zero-order valence-electron chi connectivity index (χ0n) is 24.9. The van der Waals surface area contributed by atoms with Gasteiger partial charge in [-0.2, -0.15) is 0 Å². The van der Waals surface area contributed by atoms with Crippen LogP contribution in [0.4, 0.5) is 5.69 Å². The van der Waals surface area contributed by atoms with E-state index < -0.39 is 35.1 Å². The highest BCUT2D eigenvalue weighted by Crippen LogP contribution is 2.65. The molecule has 40 heavy (non-hydrogen) atoms. The molecule has 3 amide bonds. The number of hydrogen-bond acceptors (Lipinski definition) is 6. The summed E-state index contributed by atoms with van der Waals surface area (Å²) in [5.41, 5.74) is -1.45. The molecule has 4 rings (SSSR count). The Morgan fingerprint density at radius 2 is 1.88 bits per heavy atom. The van der Waals surface area contributed by atoms with Gasteiger partial charge in [0.25, 0.3) is 0 Å². The molecule has 9 nitrogen and oxygen atoms in total. The average Bonchev–Trinajstić information content (AvgIpc) is 3.45. The van der Waals surface area contributed by atoms with Crippen molar-refractivity contribution in [2.75, 3.05) is 25.1 Å². The van der Waals surface area contributed by atoms with Crippen LogP contribution < -0.4 is 15.4 Å². The van der Waals surface area contributed by atoms with Crippen molar-refractivity contribution in [2.45, 2.75) is 96.9 Å². The van der Waals surface area contributed by atoms with Crippen molar-refractivity contribution < 1.29 is 29.0 Å². The van der Waals surface area contributed by atoms with E-state index in [4.69, 9.17) is 9.47 Å². The van der Waals surface area contributed by atoms with E-state index in [1.807, 2.05) is 34.6 Å². The summed E-state index contributed by atoms with van der Waals surface area (Å²) in [5, 5.41) is 16.5. The third-order valence-electron chi connectivity index (χ3n) is 9.64. The highest BCUT2D eigenvalue weighted by atomic mass is 16.5. The Morgan fingerprint density at radius 1 is 1.18 bits per heavy atom. The molecule has 3 unspecified atom stereocenters. The Morgan fingerprint density at radius 3 is 2.48 bits per heavy atom. The number of aliphatic hydroxyl groups is 1. The minimum atomic E-state index is -1.14. The maximum Gasteiger partial charge on any atom is 0.245 e. The summed E-state index contributed by atoms with van der Waals surface area (Å²) >= 11 is 0. The van der Waals surface area contributed by atoms with Crippen LogP contribution in [0.15, 0.2) is 24.3 Å². The molecule has 3 aliphatic heterocycles. The van der Waals surface area contributed by atoms with Crippen LogP contribution in [0.2, 0.25) is 0 Å². The molecule has 1 spiro atoms. The van der Waals surface area contributed by atoms with Crippen LogP contribution in [0.25, 0.3) is 0 Å². The van der Waals surface area contributed by atoms with E-state index >= 15 is 0 Å². The number of hydrogen-bond donors (Lipinski definition) is 3. The fourth-order valence-corrected chi connectivity index (χ4v) is 7.25. The number of likely N-dealkylation sites (tertiary alicyclic amines) is 1. The van der Waals surface area contributed by atoms with E-state index in [9.17, 15) is 19.5 Å². The Labute approximate surface area is 238 Å². The number of rotatable bonds is 13. The van der Waals surface area contributed by atoms with Crippen molar-refractivity contribution in [3.05, 3.63) is 24.3 Å². The second-order valence-electron chi connectivity index (χ2n) is 12.0. The van der Waals surface area contributed by atoms with Gasteiger partial charge in [-0.25, -0.2) is 0 Å². The fourth-order valence-electron chi connectivity index (χ4n) is 7.25. The number of carbonyl (C=O) groups excluding carboxylic acids is 3. The zero-order valence-corrected chi connectivity index (χ0v) is 24.9. The van der Waals surface area contributed by atoms with E-state index in [2.05, 4.69) is 17.6 Å². The van der Waals surface area contributed by atoms with Gasteiger partial charge in [-0.05, 0) is 62.8 Å². The van der Waals surface area contributed by atoms with Gasteiger partial charge in [0.2, 0.25) is 17.7 Å². The van der Waals surface area contributed by atoms with Crippen molar-refractivity contribution in [1.29, 1.82) is 0 Å². The second-order valence-corrected chi connectivity index (χ2v) is 12.0. The Bertz CT molecular complexity index is 1080. The first-order chi connectivity index (χ1) is 19.1. The van der Waals surface area contributed by atoms with Crippen LogP contribution >= 0.6 is 0 Å². The minimum absolute atomic E-state index is 0.0408. The van der Waals surface area contributed by atoms with Gasteiger partial charge in [-0.1, -0.05) is 47.0 Å². The second kappa shape index (κ2) is 12.1. The lowest BCUT2D eigenvalue weighted by Gasteiger charge is -2.39. The number of carbonyl (C=O) groups is 3. The standard InChI is InChI=1S/C31H47N3O6/c1-7-10-11-16-32-28(37)26-31-17-20(5)30(6,40-31)24(25(31)29(38)34(26)23(18-35)19(4)8-2)27(36)33-21-12-14-22(15-13-21)39-9-3/h12-15,19-20,23-26,35H,7-11,16-18H2,1-6H3,(H,32,37)(H,33,36)/t19-,20?,23-,24+,25-,26?,30-,31?/m0/s1. The Hall–Kier alpha value is -2.65. The predicted octanol–water partition coefficient (Wildman–Crippen LogP) is 3.75. The van der Waals surface area contributed by atoms with Gasteiger partial charge in [0.05, 0.1) is 36.7 Å². The van der Waals surface area contributed by atoms with Gasteiger partial charge in [0, 0.05) is 12.2 Å². The van der Waals surface area contributed by atoms with Gasteiger partial charge in [-0.3, -0.25) is 14.4 Å². The number of aliphatic hydroxyl groups excluding tert-OH is 1. The van der Waals surface area contributed by atoms with E-state index in [0.29, 0.717) is 31.0 Å². The number of nitrogens with zero attached hydrogens (tertiary/aromatic N) is 1. The molecule has 9 heteroatoms. The molecule has 2 bridgehead atoms. The van der Waals surface area contributed by atoms with Crippen LogP contribution in [0.1, 0.15) is 73.6 Å². The van der Waals surface area contributed by atoms with Crippen molar-refractivity contribution in [3.8, 4) is 5.75 Å². The van der Waals surface area contributed by atoms with E-state index in [-0.39, 0.29) is 36.2 Å². The maximum atomic E-state index is 14.4. The summed E-state index contributed by atoms with van der Waals surface area (Å²) in [5.74, 6) is -1.84. The normalized spacial score (nSPS) is 32.1. The molecule has 0 radical (unpaired) electrons. The highest BCUT2D eigenvalue weighted by Gasteiger charge is 2.80. The summed E-state index contributed by atoms with van der Waals surface area (Å²) in [6, 6.07) is 5.68. The van der Waals surface area contributed by atoms with E-state index in [0.717, 1.165) is 25.7 Å². The van der Waals surface area contributed by atoms with Gasteiger partial charge >= 0.3 is 0 Å². The SMILES string of the molecule is CCCCCNC(=O)C1N([C@@H](CO)[C@@H](C)CC)C(=O)[C@@H]2[C@H](C(=O)Nc3ccc(OCC)cc3)[C@@]3(C)OC12CC3C. The van der Waals surface area contributed by atoms with Gasteiger partial charge in [0.1, 0.15) is 17.4 Å². The molecule has 1 aromatic rings. The molecule has 0 aromatic heterocycles. The first-order valence-electron chi connectivity index (χ1n) is 15.0. The van der Waals surface area contributed by atoms with Crippen molar-refractivity contribution in [3.63, 3.8) is 0 Å². The summed E-state index contributed by atoms with van der Waals surface area (Å²) in [7, 11) is 0. The first kappa shape index (κ1) is 30.3. The highest BCUT2D eigenvalue weighted by molar-refractivity contribution is 6.02. The number of fused-ring (bicyclic) bond motifs is 1. The third kappa shape index (κ3) is 5.00. The molecule has 3 N–H and O–H groups in total. The monoisotopic (exact) mass is 557 g/mol. The van der Waals surface area contributed by atoms with E-state index in [1.54, 1.807) is 29.2 Å². The third-order valence-corrected chi connectivity index (χ3v) is 9.64. The molecule has 8 atom stereocenters. The molecule has 0 saturated carbocycles. The topological polar surface area (TPSA) is 117 Å². The molecule has 1 aromatic carbocycles. The van der Waals surface area contributed by atoms with Crippen LogP contribution in [-0.2, 0) is 19.1 Å². The smallest absolute Gasteiger partial charge is 0.245 e. The van der Waals surface area contributed by atoms with Crippen LogP contribution in [0.3, 0.4) is 0 Å². The minimum Gasteiger partial charge on any atom is -0.494 e. The Balaban J connectivity index is 1.70. The van der Waals surface area contributed by atoms with Crippen molar-refractivity contribution in [2.24, 2.45) is 23.7 Å². The lowest BCUT2D eigenvalue weighted by Crippen LogP contribution is -2.59. The summed E-state index contributed by atoms with van der Waals surface area (Å²) in [6.45, 7) is 12.7. The number of ether oxygens (including phenoxy) is 2. The molecule has 3 heterocycles. The molecular weight excluding hydrogens is 510 g/mol. The van der Waals surface area contributed by atoms with E-state index in [1.165, 1.54) is 0 Å². The molecule has 0 aliphatic carbocycles. The largest absolute Gasteiger partial charge is 0.494 e. The van der Waals surface area contributed by atoms with Gasteiger partial charge in [-0.15, -0.1) is 0 Å². The van der Waals surface area contributed by atoms with Crippen LogP contribution in [0, 0.1) is 23.7 Å². The van der Waals surface area contributed by atoms with Crippen molar-refractivity contribution in [1.82, 2.24) is 10.2 Å².